The number of halogens is 1. The summed E-state index contributed by atoms with van der Waals surface area (Å²) in [6, 6.07) is 12.0. The third-order valence-corrected chi connectivity index (χ3v) is 4.70. The smallest absolute Gasteiger partial charge is 0.0897 e. The number of aliphatic hydroxyl groups is 1. The number of hydrogen-bond donors (Lipinski definition) is 2. The molecule has 0 aliphatic heterocycles. The van der Waals surface area contributed by atoms with Crippen molar-refractivity contribution in [3.63, 3.8) is 0 Å². The average Bonchev–Trinajstić information content (AvgIpc) is 2.86. The zero-order valence-electron chi connectivity index (χ0n) is 11.1. The van der Waals surface area contributed by atoms with Gasteiger partial charge in [0.15, 0.2) is 0 Å². The molecule has 108 valence electrons. The van der Waals surface area contributed by atoms with Gasteiger partial charge in [0.1, 0.15) is 0 Å². The number of thiophene rings is 1. The van der Waals surface area contributed by atoms with Crippen molar-refractivity contribution >= 4 is 27.3 Å². The highest BCUT2D eigenvalue weighted by Gasteiger charge is 2.06. The molecule has 0 spiro atoms. The third-order valence-electron chi connectivity index (χ3n) is 2.78. The molecule has 0 aliphatic rings. The SMILES string of the molecule is OC(CNCc1sccc1Br)COCc1ccccc1. The van der Waals surface area contributed by atoms with Crippen LogP contribution in [-0.2, 0) is 17.9 Å². The Labute approximate surface area is 131 Å². The highest BCUT2D eigenvalue weighted by Crippen LogP contribution is 2.21. The second-order valence-electron chi connectivity index (χ2n) is 4.48. The van der Waals surface area contributed by atoms with E-state index in [-0.39, 0.29) is 0 Å². The van der Waals surface area contributed by atoms with E-state index in [9.17, 15) is 5.11 Å². The van der Waals surface area contributed by atoms with Crippen LogP contribution >= 0.6 is 27.3 Å². The van der Waals surface area contributed by atoms with Crippen LogP contribution in [0.3, 0.4) is 0 Å². The molecule has 0 radical (unpaired) electrons. The summed E-state index contributed by atoms with van der Waals surface area (Å²) >= 11 is 5.18. The van der Waals surface area contributed by atoms with E-state index in [0.717, 1.165) is 16.6 Å². The van der Waals surface area contributed by atoms with Crippen molar-refractivity contribution in [2.45, 2.75) is 19.3 Å². The Morgan fingerprint density at radius 2 is 2.05 bits per heavy atom. The highest BCUT2D eigenvalue weighted by molar-refractivity contribution is 9.10. The number of rotatable bonds is 8. The molecule has 0 saturated carbocycles. The van der Waals surface area contributed by atoms with Gasteiger partial charge in [-0.1, -0.05) is 30.3 Å². The van der Waals surface area contributed by atoms with Gasteiger partial charge in [0.25, 0.3) is 0 Å². The highest BCUT2D eigenvalue weighted by atomic mass is 79.9. The average molecular weight is 356 g/mol. The summed E-state index contributed by atoms with van der Waals surface area (Å²) in [4.78, 5) is 1.24. The van der Waals surface area contributed by atoms with Gasteiger partial charge in [-0.2, -0.15) is 0 Å². The predicted octanol–water partition coefficient (Wildman–Crippen LogP) is 3.18. The number of ether oxygens (including phenoxy) is 1. The van der Waals surface area contributed by atoms with Crippen LogP contribution in [0, 0.1) is 0 Å². The van der Waals surface area contributed by atoms with E-state index in [1.165, 1.54) is 4.88 Å². The Bertz CT molecular complexity index is 504. The van der Waals surface area contributed by atoms with Crippen molar-refractivity contribution in [1.82, 2.24) is 5.32 Å². The maximum atomic E-state index is 9.83. The van der Waals surface area contributed by atoms with E-state index in [1.54, 1.807) is 11.3 Å². The van der Waals surface area contributed by atoms with E-state index >= 15 is 0 Å². The van der Waals surface area contributed by atoms with Crippen LogP contribution in [0.5, 0.6) is 0 Å². The zero-order chi connectivity index (χ0) is 14.2. The monoisotopic (exact) mass is 355 g/mol. The quantitative estimate of drug-likeness (QED) is 0.763. The third kappa shape index (κ3) is 5.34. The van der Waals surface area contributed by atoms with Crippen LogP contribution < -0.4 is 5.32 Å². The fourth-order valence-corrected chi connectivity index (χ4v) is 3.21. The van der Waals surface area contributed by atoms with Crippen molar-refractivity contribution in [3.8, 4) is 0 Å². The first-order valence-electron chi connectivity index (χ1n) is 6.48. The van der Waals surface area contributed by atoms with Crippen molar-refractivity contribution in [3.05, 3.63) is 56.7 Å². The summed E-state index contributed by atoms with van der Waals surface area (Å²) in [5.41, 5.74) is 1.12. The van der Waals surface area contributed by atoms with Gasteiger partial charge in [0, 0.05) is 22.4 Å². The predicted molar refractivity (Wildman–Crippen MR) is 85.8 cm³/mol. The molecule has 0 bridgehead atoms. The summed E-state index contributed by atoms with van der Waals surface area (Å²) in [7, 11) is 0. The number of nitrogens with one attached hydrogen (secondary N) is 1. The summed E-state index contributed by atoms with van der Waals surface area (Å²) in [6.45, 7) is 2.16. The summed E-state index contributed by atoms with van der Waals surface area (Å²) in [6.07, 6.45) is -0.488. The van der Waals surface area contributed by atoms with Gasteiger partial charge < -0.3 is 15.2 Å². The molecule has 1 aromatic heterocycles. The van der Waals surface area contributed by atoms with Gasteiger partial charge in [-0.05, 0) is 32.9 Å². The molecule has 3 nitrogen and oxygen atoms in total. The first-order chi connectivity index (χ1) is 9.75. The van der Waals surface area contributed by atoms with Crippen molar-refractivity contribution < 1.29 is 9.84 Å². The first kappa shape index (κ1) is 15.7. The largest absolute Gasteiger partial charge is 0.389 e. The minimum absolute atomic E-state index is 0.341. The molecule has 0 fully saturated rings. The van der Waals surface area contributed by atoms with Crippen LogP contribution in [0.1, 0.15) is 10.4 Å². The maximum Gasteiger partial charge on any atom is 0.0897 e. The van der Waals surface area contributed by atoms with Crippen LogP contribution in [0.2, 0.25) is 0 Å². The minimum atomic E-state index is -0.488. The first-order valence-corrected chi connectivity index (χ1v) is 8.15. The minimum Gasteiger partial charge on any atom is -0.389 e. The molecule has 20 heavy (non-hydrogen) atoms. The molecule has 0 aliphatic carbocycles. The van der Waals surface area contributed by atoms with Gasteiger partial charge in [-0.25, -0.2) is 0 Å². The second-order valence-corrected chi connectivity index (χ2v) is 6.33. The molecular formula is C15H18BrNO2S. The van der Waals surface area contributed by atoms with E-state index in [2.05, 4.69) is 21.2 Å². The molecule has 1 unspecified atom stereocenters. The molecule has 2 rings (SSSR count). The molecule has 0 saturated heterocycles. The Morgan fingerprint density at radius 1 is 1.25 bits per heavy atom. The lowest BCUT2D eigenvalue weighted by atomic mass is 10.2. The Kier molecular flexibility index (Phi) is 6.69. The molecule has 2 N–H and O–H groups in total. The molecule has 1 heterocycles. The normalized spacial score (nSPS) is 12.5. The van der Waals surface area contributed by atoms with Gasteiger partial charge in [-0.15, -0.1) is 11.3 Å². The second kappa shape index (κ2) is 8.54. The summed E-state index contributed by atoms with van der Waals surface area (Å²) in [5.74, 6) is 0. The zero-order valence-corrected chi connectivity index (χ0v) is 13.5. The molecular weight excluding hydrogens is 338 g/mol. The Balaban J connectivity index is 1.59. The van der Waals surface area contributed by atoms with Crippen LogP contribution in [0.15, 0.2) is 46.3 Å². The lowest BCUT2D eigenvalue weighted by molar-refractivity contribution is 0.0287. The lowest BCUT2D eigenvalue weighted by Crippen LogP contribution is -2.29. The van der Waals surface area contributed by atoms with Crippen LogP contribution in [0.25, 0.3) is 0 Å². The fourth-order valence-electron chi connectivity index (χ4n) is 1.75. The molecule has 2 aromatic rings. The van der Waals surface area contributed by atoms with Gasteiger partial charge in [0.2, 0.25) is 0 Å². The number of benzene rings is 1. The molecule has 1 atom stereocenters. The standard InChI is InChI=1S/C15H18BrNO2S/c16-14-6-7-20-15(14)9-17-8-13(18)11-19-10-12-4-2-1-3-5-12/h1-7,13,17-18H,8-11H2. The van der Waals surface area contributed by atoms with Crippen molar-refractivity contribution in [2.24, 2.45) is 0 Å². The van der Waals surface area contributed by atoms with E-state index in [0.29, 0.717) is 19.8 Å². The lowest BCUT2D eigenvalue weighted by Gasteiger charge is -2.12. The van der Waals surface area contributed by atoms with Gasteiger partial charge in [0.05, 0.1) is 19.3 Å². The Hall–Kier alpha value is -0.720. The summed E-state index contributed by atoms with van der Waals surface area (Å²) < 4.78 is 6.61. The summed E-state index contributed by atoms with van der Waals surface area (Å²) in [5, 5.41) is 15.1. The maximum absolute atomic E-state index is 9.83. The molecule has 5 heteroatoms. The Morgan fingerprint density at radius 3 is 2.75 bits per heavy atom. The van der Waals surface area contributed by atoms with Crippen LogP contribution in [0.4, 0.5) is 0 Å². The molecule has 0 amide bonds. The van der Waals surface area contributed by atoms with Crippen molar-refractivity contribution in [2.75, 3.05) is 13.2 Å². The van der Waals surface area contributed by atoms with Gasteiger partial charge in [-0.3, -0.25) is 0 Å². The number of hydrogen-bond acceptors (Lipinski definition) is 4. The topological polar surface area (TPSA) is 41.5 Å². The van der Waals surface area contributed by atoms with Crippen molar-refractivity contribution in [1.29, 1.82) is 0 Å². The van der Waals surface area contributed by atoms with E-state index < -0.39 is 6.10 Å². The van der Waals surface area contributed by atoms with Gasteiger partial charge >= 0.3 is 0 Å². The van der Waals surface area contributed by atoms with E-state index in [1.807, 2.05) is 41.8 Å². The van der Waals surface area contributed by atoms with Crippen LogP contribution in [-0.4, -0.2) is 24.4 Å². The molecule has 1 aromatic carbocycles. The van der Waals surface area contributed by atoms with E-state index in [4.69, 9.17) is 4.74 Å². The number of aliphatic hydroxyl groups excluding tert-OH is 1. The fraction of sp³-hybridized carbons (Fsp3) is 0.333.